The lowest BCUT2D eigenvalue weighted by molar-refractivity contribution is -0.143. The second-order valence-corrected chi connectivity index (χ2v) is 8.74. The van der Waals surface area contributed by atoms with Gasteiger partial charge in [0.25, 0.3) is 0 Å². The molecule has 3 N–H and O–H groups in total. The number of hydrogen-bond donors (Lipinski definition) is 3. The molecule has 1 unspecified atom stereocenters. The number of unbranched alkanes of at least 4 members (excludes halogenated alkanes) is 1. The minimum atomic E-state index is -0.727. The van der Waals surface area contributed by atoms with Gasteiger partial charge in [0, 0.05) is 25.5 Å². The lowest BCUT2D eigenvalue weighted by Gasteiger charge is -2.29. The van der Waals surface area contributed by atoms with Gasteiger partial charge in [-0.25, -0.2) is 4.98 Å². The molecule has 1 aromatic heterocycles. The molecule has 0 spiro atoms. The van der Waals surface area contributed by atoms with Crippen LogP contribution in [0, 0.1) is 0 Å². The molecule has 0 saturated heterocycles. The number of imidazole rings is 1. The summed E-state index contributed by atoms with van der Waals surface area (Å²) in [5.41, 5.74) is 2.36. The second kappa shape index (κ2) is 15.6. The van der Waals surface area contributed by atoms with E-state index in [1.807, 2.05) is 13.1 Å². The Labute approximate surface area is 199 Å². The van der Waals surface area contributed by atoms with Crippen LogP contribution in [-0.2, 0) is 24.4 Å². The quantitative estimate of drug-likeness (QED) is 0.290. The van der Waals surface area contributed by atoms with Gasteiger partial charge >= 0.3 is 5.97 Å². The van der Waals surface area contributed by atoms with Gasteiger partial charge in [0.15, 0.2) is 0 Å². The molecule has 0 aliphatic carbocycles. The van der Waals surface area contributed by atoms with Crippen LogP contribution in [0.4, 0.5) is 0 Å². The maximum absolute atomic E-state index is 11.9. The summed E-state index contributed by atoms with van der Waals surface area (Å²) < 4.78 is 0. The minimum Gasteiger partial charge on any atom is -0.480 e. The number of H-pyrrole nitrogens is 1. The van der Waals surface area contributed by atoms with Crippen molar-refractivity contribution in [3.8, 4) is 0 Å². The van der Waals surface area contributed by atoms with E-state index < -0.39 is 12.0 Å². The van der Waals surface area contributed by atoms with Crippen molar-refractivity contribution in [1.29, 1.82) is 0 Å². The molecule has 1 aromatic carbocycles. The van der Waals surface area contributed by atoms with Crippen LogP contribution < -0.4 is 5.32 Å². The zero-order valence-corrected chi connectivity index (χ0v) is 20.7. The van der Waals surface area contributed by atoms with E-state index in [0.29, 0.717) is 19.5 Å². The number of aromatic nitrogens is 2. The third kappa shape index (κ3) is 10.1. The molecule has 0 fully saturated rings. The highest BCUT2D eigenvalue weighted by atomic mass is 16.4. The average molecular weight is 458 g/mol. The fraction of sp³-hybridized carbons (Fsp3) is 0.615. The number of carbonyl (C=O) groups is 1. The number of aliphatic carboxylic acids is 1. The van der Waals surface area contributed by atoms with E-state index in [0.717, 1.165) is 57.0 Å². The van der Waals surface area contributed by atoms with Crippen LogP contribution in [0.2, 0.25) is 0 Å². The summed E-state index contributed by atoms with van der Waals surface area (Å²) in [6, 6.07) is 8.04. The van der Waals surface area contributed by atoms with Gasteiger partial charge in [-0.3, -0.25) is 9.69 Å². The lowest BCUT2D eigenvalue weighted by Crippen LogP contribution is -2.41. The molecule has 1 heterocycles. The first-order valence-corrected chi connectivity index (χ1v) is 12.5. The van der Waals surface area contributed by atoms with Gasteiger partial charge in [0.1, 0.15) is 11.9 Å². The molecule has 2 aromatic rings. The minimum absolute atomic E-state index is 0.443. The van der Waals surface area contributed by atoms with Gasteiger partial charge in [0.05, 0.1) is 6.54 Å². The Morgan fingerprint density at radius 3 is 2.24 bits per heavy atom. The predicted molar refractivity (Wildman–Crippen MR) is 134 cm³/mol. The smallest absolute Gasteiger partial charge is 0.320 e. The van der Waals surface area contributed by atoms with Crippen LogP contribution in [0.15, 0.2) is 36.7 Å². The molecule has 0 saturated carbocycles. The van der Waals surface area contributed by atoms with Crippen molar-refractivity contribution in [3.05, 3.63) is 53.6 Å². The summed E-state index contributed by atoms with van der Waals surface area (Å²) >= 11 is 0. The summed E-state index contributed by atoms with van der Waals surface area (Å²) in [6.45, 7) is 12.7. The fourth-order valence-electron chi connectivity index (χ4n) is 4.27. The van der Waals surface area contributed by atoms with Crippen molar-refractivity contribution in [1.82, 2.24) is 25.1 Å². The van der Waals surface area contributed by atoms with Crippen LogP contribution in [0.5, 0.6) is 0 Å². The molecule has 184 valence electrons. The monoisotopic (exact) mass is 457 g/mol. The summed E-state index contributed by atoms with van der Waals surface area (Å²) in [5, 5.41) is 13.1. The van der Waals surface area contributed by atoms with Crippen molar-refractivity contribution >= 4 is 5.97 Å². The van der Waals surface area contributed by atoms with Crippen LogP contribution in [0.3, 0.4) is 0 Å². The van der Waals surface area contributed by atoms with Crippen LogP contribution in [0.1, 0.15) is 69.8 Å². The zero-order valence-electron chi connectivity index (χ0n) is 20.7. The maximum Gasteiger partial charge on any atom is 0.320 e. The van der Waals surface area contributed by atoms with Gasteiger partial charge in [-0.2, -0.15) is 0 Å². The first-order valence-electron chi connectivity index (χ1n) is 12.5. The number of benzene rings is 1. The molecule has 0 amide bonds. The van der Waals surface area contributed by atoms with Crippen molar-refractivity contribution < 1.29 is 9.90 Å². The SMILES string of the molecule is CCCN(CCC)CCCCN(Cc1ccc(CNCc2ncc[nH]2)cc1)C(CC)C(=O)O. The standard InChI is InChI=1S/C26H43N5O2/c1-4-15-30(16-5-2)17-7-8-18-31(24(6-3)26(32)33)21-23-11-9-22(10-12-23)19-27-20-25-28-13-14-29-25/h9-14,24,27H,4-8,15-21H2,1-3H3,(H,28,29)(H,32,33). The van der Waals surface area contributed by atoms with E-state index in [-0.39, 0.29) is 0 Å². The first-order chi connectivity index (χ1) is 16.1. The Balaban J connectivity index is 1.87. The van der Waals surface area contributed by atoms with Crippen molar-refractivity contribution in [2.24, 2.45) is 0 Å². The number of aromatic amines is 1. The Bertz CT molecular complexity index is 757. The number of carboxylic acids is 1. The Hall–Kier alpha value is -2.22. The third-order valence-electron chi connectivity index (χ3n) is 5.95. The van der Waals surface area contributed by atoms with E-state index in [2.05, 4.69) is 63.2 Å². The Morgan fingerprint density at radius 1 is 1.00 bits per heavy atom. The van der Waals surface area contributed by atoms with Crippen LogP contribution in [0.25, 0.3) is 0 Å². The van der Waals surface area contributed by atoms with Crippen molar-refractivity contribution in [2.45, 2.75) is 78.6 Å². The highest BCUT2D eigenvalue weighted by Crippen LogP contribution is 2.14. The molecule has 33 heavy (non-hydrogen) atoms. The summed E-state index contributed by atoms with van der Waals surface area (Å²) in [6.07, 6.45) is 8.67. The molecule has 0 bridgehead atoms. The highest BCUT2D eigenvalue weighted by molar-refractivity contribution is 5.73. The lowest BCUT2D eigenvalue weighted by atomic mass is 10.1. The van der Waals surface area contributed by atoms with Gasteiger partial charge in [-0.15, -0.1) is 0 Å². The van der Waals surface area contributed by atoms with E-state index in [9.17, 15) is 9.90 Å². The molecule has 1 atom stereocenters. The number of carboxylic acid groups (broad SMARTS) is 1. The second-order valence-electron chi connectivity index (χ2n) is 8.74. The van der Waals surface area contributed by atoms with Gasteiger partial charge in [0.2, 0.25) is 0 Å². The zero-order chi connectivity index (χ0) is 23.9. The van der Waals surface area contributed by atoms with Gasteiger partial charge < -0.3 is 20.3 Å². The molecule has 7 nitrogen and oxygen atoms in total. The summed E-state index contributed by atoms with van der Waals surface area (Å²) in [7, 11) is 0. The number of nitrogens with one attached hydrogen (secondary N) is 2. The van der Waals surface area contributed by atoms with E-state index in [1.165, 1.54) is 18.4 Å². The summed E-state index contributed by atoms with van der Waals surface area (Å²) in [5.74, 6) is 0.198. The van der Waals surface area contributed by atoms with Crippen LogP contribution >= 0.6 is 0 Å². The Kier molecular flexibility index (Phi) is 12.8. The molecular weight excluding hydrogens is 414 g/mol. The van der Waals surface area contributed by atoms with E-state index >= 15 is 0 Å². The summed E-state index contributed by atoms with van der Waals surface area (Å²) in [4.78, 5) is 23.8. The number of rotatable bonds is 18. The maximum atomic E-state index is 11.9. The molecule has 7 heteroatoms. The molecule has 0 radical (unpaired) electrons. The molecular formula is C26H43N5O2. The number of nitrogens with zero attached hydrogens (tertiary/aromatic N) is 3. The number of hydrogen-bond acceptors (Lipinski definition) is 5. The van der Waals surface area contributed by atoms with Gasteiger partial charge in [-0.05, 0) is 69.4 Å². The largest absolute Gasteiger partial charge is 0.480 e. The van der Waals surface area contributed by atoms with Gasteiger partial charge in [-0.1, -0.05) is 45.0 Å². The molecule has 0 aliphatic heterocycles. The predicted octanol–water partition coefficient (Wildman–Crippen LogP) is 4.27. The van der Waals surface area contributed by atoms with Crippen LogP contribution in [-0.4, -0.2) is 63.1 Å². The van der Waals surface area contributed by atoms with E-state index in [1.54, 1.807) is 6.20 Å². The fourth-order valence-corrected chi connectivity index (χ4v) is 4.27. The van der Waals surface area contributed by atoms with Crippen molar-refractivity contribution in [2.75, 3.05) is 26.2 Å². The van der Waals surface area contributed by atoms with Crippen molar-refractivity contribution in [3.63, 3.8) is 0 Å². The molecule has 0 aliphatic rings. The highest BCUT2D eigenvalue weighted by Gasteiger charge is 2.23. The third-order valence-corrected chi connectivity index (χ3v) is 5.95. The first kappa shape index (κ1) is 27.0. The molecule has 2 rings (SSSR count). The normalized spacial score (nSPS) is 12.5. The average Bonchev–Trinajstić information content (AvgIpc) is 3.31. The van der Waals surface area contributed by atoms with E-state index in [4.69, 9.17) is 0 Å². The Morgan fingerprint density at radius 2 is 1.67 bits per heavy atom. The topological polar surface area (TPSA) is 84.5 Å².